The number of alkyl halides is 1. The van der Waals surface area contributed by atoms with Crippen LogP contribution < -0.4 is 0 Å². The van der Waals surface area contributed by atoms with E-state index >= 15 is 0 Å². The molecule has 6 nitrogen and oxygen atoms in total. The van der Waals surface area contributed by atoms with E-state index in [4.69, 9.17) is 15.3 Å². The summed E-state index contributed by atoms with van der Waals surface area (Å²) in [5.41, 5.74) is -1.93. The molecule has 0 radical (unpaired) electrons. The average Bonchev–Trinajstić information content (AvgIpc) is 2.30. The number of aliphatic hydroxyl groups is 6. The highest BCUT2D eigenvalue weighted by atomic mass is 79.9. The van der Waals surface area contributed by atoms with Gasteiger partial charge in [-0.15, -0.1) is 0 Å². The summed E-state index contributed by atoms with van der Waals surface area (Å²) < 4.78 is 0. The van der Waals surface area contributed by atoms with Crippen molar-refractivity contribution in [1.29, 1.82) is 0 Å². The molecule has 96 valence electrons. The summed E-state index contributed by atoms with van der Waals surface area (Å²) in [6, 6.07) is 0. The number of halogens is 1. The summed E-state index contributed by atoms with van der Waals surface area (Å²) in [7, 11) is 0. The minimum Gasteiger partial charge on any atom is -0.396 e. The second-order valence-corrected chi connectivity index (χ2v) is 5.22. The number of hydrogen-bond donors (Lipinski definition) is 6. The first-order chi connectivity index (χ1) is 7.43. The van der Waals surface area contributed by atoms with E-state index in [1.165, 1.54) is 0 Å². The number of hydrogen-bond acceptors (Lipinski definition) is 6. The van der Waals surface area contributed by atoms with Gasteiger partial charge in [-0.1, -0.05) is 15.9 Å². The van der Waals surface area contributed by atoms with E-state index in [0.717, 1.165) is 0 Å². The Labute approximate surface area is 101 Å². The van der Waals surface area contributed by atoms with Gasteiger partial charge in [0.2, 0.25) is 0 Å². The van der Waals surface area contributed by atoms with Gasteiger partial charge in [0.25, 0.3) is 0 Å². The third-order valence-electron chi connectivity index (χ3n) is 3.40. The lowest BCUT2D eigenvalue weighted by Gasteiger charge is -2.50. The molecule has 16 heavy (non-hydrogen) atoms. The third-order valence-corrected chi connectivity index (χ3v) is 4.44. The van der Waals surface area contributed by atoms with E-state index in [2.05, 4.69) is 15.9 Å². The molecule has 0 spiro atoms. The molecule has 0 aromatic rings. The van der Waals surface area contributed by atoms with Crippen LogP contribution in [0, 0.1) is 11.8 Å². The summed E-state index contributed by atoms with van der Waals surface area (Å²) in [6.07, 6.45) is -2.53. The Balaban J connectivity index is 3.07. The van der Waals surface area contributed by atoms with E-state index in [1.54, 1.807) is 0 Å². The smallest absolute Gasteiger partial charge is 0.120 e. The van der Waals surface area contributed by atoms with Crippen LogP contribution in [-0.4, -0.2) is 73.1 Å². The summed E-state index contributed by atoms with van der Waals surface area (Å²) in [5.74, 6) is -1.80. The van der Waals surface area contributed by atoms with Crippen LogP contribution in [-0.2, 0) is 0 Å². The van der Waals surface area contributed by atoms with Crippen LogP contribution in [0.25, 0.3) is 0 Å². The molecule has 0 heterocycles. The first-order valence-electron chi connectivity index (χ1n) is 4.99. The van der Waals surface area contributed by atoms with Gasteiger partial charge in [-0.05, 0) is 0 Å². The summed E-state index contributed by atoms with van der Waals surface area (Å²) in [6.45, 7) is -1.76. The van der Waals surface area contributed by atoms with Crippen LogP contribution in [0.5, 0.6) is 0 Å². The molecular weight excluding hydrogens is 284 g/mol. The molecule has 1 fully saturated rings. The molecule has 1 aliphatic carbocycles. The van der Waals surface area contributed by atoms with Crippen molar-refractivity contribution in [3.05, 3.63) is 0 Å². The molecular formula is C9H17BrO6. The molecule has 0 aromatic heterocycles. The minimum atomic E-state index is -1.93. The van der Waals surface area contributed by atoms with Crippen molar-refractivity contribution in [3.8, 4) is 0 Å². The zero-order chi connectivity index (χ0) is 12.5. The minimum absolute atomic E-state index is 0.455. The van der Waals surface area contributed by atoms with Crippen molar-refractivity contribution in [3.63, 3.8) is 0 Å². The zero-order valence-corrected chi connectivity index (χ0v) is 10.2. The highest BCUT2D eigenvalue weighted by molar-refractivity contribution is 9.09. The first-order valence-corrected chi connectivity index (χ1v) is 5.90. The summed E-state index contributed by atoms with van der Waals surface area (Å²) in [4.78, 5) is -0.871. The predicted molar refractivity (Wildman–Crippen MR) is 57.9 cm³/mol. The Morgan fingerprint density at radius 2 is 1.62 bits per heavy atom. The third kappa shape index (κ3) is 2.01. The fourth-order valence-electron chi connectivity index (χ4n) is 2.27. The maximum atomic E-state index is 10.1. The molecule has 1 rings (SSSR count). The Bertz CT molecular complexity index is 238. The first kappa shape index (κ1) is 14.3. The molecule has 6 atom stereocenters. The van der Waals surface area contributed by atoms with Gasteiger partial charge in [0.15, 0.2) is 0 Å². The van der Waals surface area contributed by atoms with E-state index in [9.17, 15) is 15.3 Å². The SMILES string of the molecule is OC[C@@H]1[C@H](O)[C@H](Br)[C@@H](O)[C@](O)(CO)[C@@H]1CO. The maximum Gasteiger partial charge on any atom is 0.120 e. The van der Waals surface area contributed by atoms with Crippen LogP contribution >= 0.6 is 15.9 Å². The fraction of sp³-hybridized carbons (Fsp3) is 1.00. The van der Waals surface area contributed by atoms with Crippen LogP contribution in [0.2, 0.25) is 0 Å². The van der Waals surface area contributed by atoms with E-state index in [0.29, 0.717) is 0 Å². The van der Waals surface area contributed by atoms with Crippen LogP contribution in [0.15, 0.2) is 0 Å². The topological polar surface area (TPSA) is 121 Å². The van der Waals surface area contributed by atoms with Crippen molar-refractivity contribution < 1.29 is 30.6 Å². The Hall–Kier alpha value is 0.240. The summed E-state index contributed by atoms with van der Waals surface area (Å²) >= 11 is 3.01. The molecule has 1 saturated carbocycles. The van der Waals surface area contributed by atoms with E-state index < -0.39 is 54.3 Å². The van der Waals surface area contributed by atoms with Crippen LogP contribution in [0.3, 0.4) is 0 Å². The van der Waals surface area contributed by atoms with Gasteiger partial charge in [-0.25, -0.2) is 0 Å². The number of rotatable bonds is 3. The highest BCUT2D eigenvalue weighted by Gasteiger charge is 2.56. The molecule has 0 bridgehead atoms. The number of aliphatic hydroxyl groups excluding tert-OH is 5. The lowest BCUT2D eigenvalue weighted by Crippen LogP contribution is -2.67. The molecule has 7 heteroatoms. The molecule has 0 aliphatic heterocycles. The van der Waals surface area contributed by atoms with E-state index in [1.807, 2.05) is 0 Å². The van der Waals surface area contributed by atoms with Crippen molar-refractivity contribution in [2.75, 3.05) is 19.8 Å². The van der Waals surface area contributed by atoms with Gasteiger partial charge >= 0.3 is 0 Å². The molecule has 0 amide bonds. The van der Waals surface area contributed by atoms with Crippen molar-refractivity contribution in [2.45, 2.75) is 22.6 Å². The van der Waals surface area contributed by atoms with Crippen molar-refractivity contribution in [1.82, 2.24) is 0 Å². The van der Waals surface area contributed by atoms with Gasteiger partial charge in [0.05, 0.1) is 17.5 Å². The Kier molecular flexibility index (Phi) is 4.70. The predicted octanol–water partition coefficient (Wildman–Crippen LogP) is -2.57. The molecule has 1 aliphatic rings. The second kappa shape index (κ2) is 5.26. The molecule has 0 saturated heterocycles. The lowest BCUT2D eigenvalue weighted by molar-refractivity contribution is -0.209. The van der Waals surface area contributed by atoms with Crippen molar-refractivity contribution >= 4 is 15.9 Å². The maximum absolute atomic E-state index is 10.1. The average molecular weight is 301 g/mol. The van der Waals surface area contributed by atoms with Gasteiger partial charge < -0.3 is 30.6 Å². The van der Waals surface area contributed by atoms with Gasteiger partial charge in [-0.2, -0.15) is 0 Å². The largest absolute Gasteiger partial charge is 0.396 e. The Morgan fingerprint density at radius 1 is 1.06 bits per heavy atom. The second-order valence-electron chi connectivity index (χ2n) is 4.16. The molecule has 0 unspecified atom stereocenters. The molecule has 6 N–H and O–H groups in total. The van der Waals surface area contributed by atoms with Gasteiger partial charge in [-0.3, -0.25) is 0 Å². The monoisotopic (exact) mass is 300 g/mol. The zero-order valence-electron chi connectivity index (χ0n) is 8.57. The normalized spacial score (nSPS) is 49.3. The van der Waals surface area contributed by atoms with E-state index in [-0.39, 0.29) is 0 Å². The highest BCUT2D eigenvalue weighted by Crippen LogP contribution is 2.40. The van der Waals surface area contributed by atoms with Crippen LogP contribution in [0.1, 0.15) is 0 Å². The summed E-state index contributed by atoms with van der Waals surface area (Å²) in [5, 5.41) is 57.0. The Morgan fingerprint density at radius 3 is 2.00 bits per heavy atom. The van der Waals surface area contributed by atoms with Crippen molar-refractivity contribution in [2.24, 2.45) is 11.8 Å². The molecule has 0 aromatic carbocycles. The van der Waals surface area contributed by atoms with Gasteiger partial charge in [0, 0.05) is 25.0 Å². The van der Waals surface area contributed by atoms with Gasteiger partial charge in [0.1, 0.15) is 11.7 Å². The van der Waals surface area contributed by atoms with Crippen LogP contribution in [0.4, 0.5) is 0 Å². The fourth-order valence-corrected chi connectivity index (χ4v) is 3.12. The quantitative estimate of drug-likeness (QED) is 0.319. The standard InChI is InChI=1S/C9H17BrO6/c10-6-7(14)4(1-11)5(2-12)9(16,3-13)8(6)15/h4-8,11-16H,1-3H2/t4-,5+,6-,7-,8+,9-/m0/s1. The lowest BCUT2D eigenvalue weighted by atomic mass is 9.66.